The number of carbonyl (C=O) groups is 1. The first-order chi connectivity index (χ1) is 12.5. The first-order valence-electron chi connectivity index (χ1n) is 8.94. The highest BCUT2D eigenvalue weighted by atomic mass is 35.5. The monoisotopic (exact) mass is 393 g/mol. The van der Waals surface area contributed by atoms with Gasteiger partial charge in [0.1, 0.15) is 11.1 Å². The van der Waals surface area contributed by atoms with E-state index in [2.05, 4.69) is 29.5 Å². The molecule has 2 unspecified atom stereocenters. The molecule has 6 nitrogen and oxygen atoms in total. The van der Waals surface area contributed by atoms with Crippen LogP contribution in [0.2, 0.25) is 5.02 Å². The van der Waals surface area contributed by atoms with E-state index in [1.807, 2.05) is 40.8 Å². The average Bonchev–Trinajstić information content (AvgIpc) is 3.01. The number of hydrogen-bond acceptors (Lipinski definition) is 5. The number of aryl methyl sites for hydroxylation is 1. The van der Waals surface area contributed by atoms with Crippen LogP contribution in [0.4, 0.5) is 0 Å². The van der Waals surface area contributed by atoms with Crippen LogP contribution in [0.3, 0.4) is 0 Å². The maximum absolute atomic E-state index is 13.3. The van der Waals surface area contributed by atoms with Crippen LogP contribution < -0.4 is 5.43 Å². The molecule has 1 aromatic carbocycles. The second kappa shape index (κ2) is 8.31. The van der Waals surface area contributed by atoms with E-state index in [-0.39, 0.29) is 17.2 Å². The van der Waals surface area contributed by atoms with E-state index in [1.165, 1.54) is 11.8 Å². The van der Waals surface area contributed by atoms with Crippen molar-refractivity contribution >= 4 is 29.3 Å². The molecule has 2 heterocycles. The van der Waals surface area contributed by atoms with E-state index in [9.17, 15) is 4.79 Å². The summed E-state index contributed by atoms with van der Waals surface area (Å²) in [6.07, 6.45) is 1.88. The van der Waals surface area contributed by atoms with Crippen LogP contribution in [0, 0.1) is 6.92 Å². The van der Waals surface area contributed by atoms with Crippen molar-refractivity contribution in [3.05, 3.63) is 40.7 Å². The average molecular weight is 394 g/mol. The van der Waals surface area contributed by atoms with Crippen molar-refractivity contribution in [3.63, 3.8) is 0 Å². The summed E-state index contributed by atoms with van der Waals surface area (Å²) in [7, 11) is 0. The van der Waals surface area contributed by atoms with Gasteiger partial charge in [-0.25, -0.2) is 4.68 Å². The molecule has 0 saturated carbocycles. The first-order valence-corrected chi connectivity index (χ1v) is 10.2. The third-order valence-corrected chi connectivity index (χ3v) is 5.82. The third-order valence-electron chi connectivity index (χ3n) is 4.37. The van der Waals surface area contributed by atoms with Gasteiger partial charge in [-0.3, -0.25) is 4.79 Å². The minimum Gasteiger partial charge on any atom is -0.342 e. The van der Waals surface area contributed by atoms with Crippen LogP contribution in [0.15, 0.2) is 29.4 Å². The Balaban J connectivity index is 1.95. The van der Waals surface area contributed by atoms with Crippen molar-refractivity contribution in [3.8, 4) is 0 Å². The number of aromatic nitrogens is 3. The number of amides is 1. The maximum Gasteiger partial charge on any atom is 0.238 e. The number of benzene rings is 1. The summed E-state index contributed by atoms with van der Waals surface area (Å²) in [4.78, 5) is 15.3. The summed E-state index contributed by atoms with van der Waals surface area (Å²) < 4.78 is 1.86. The summed E-state index contributed by atoms with van der Waals surface area (Å²) >= 11 is 7.52. The van der Waals surface area contributed by atoms with E-state index in [1.54, 1.807) is 0 Å². The Morgan fingerprint density at radius 2 is 1.88 bits per heavy atom. The van der Waals surface area contributed by atoms with Crippen molar-refractivity contribution in [2.24, 2.45) is 0 Å². The Morgan fingerprint density at radius 1 is 1.23 bits per heavy atom. The molecule has 0 fully saturated rings. The number of thioether (sulfide) groups is 1. The molecule has 140 valence electrons. The maximum atomic E-state index is 13.3. The Bertz CT molecular complexity index is 757. The predicted octanol–water partition coefficient (Wildman–Crippen LogP) is 3.65. The normalized spacial score (nSPS) is 18.9. The van der Waals surface area contributed by atoms with Crippen molar-refractivity contribution in [1.29, 1.82) is 0 Å². The van der Waals surface area contributed by atoms with E-state index in [0.717, 1.165) is 42.5 Å². The van der Waals surface area contributed by atoms with Crippen molar-refractivity contribution < 1.29 is 4.79 Å². The van der Waals surface area contributed by atoms with Gasteiger partial charge in [-0.2, -0.15) is 0 Å². The Labute approximate surface area is 163 Å². The molecule has 1 aliphatic heterocycles. The second-order valence-electron chi connectivity index (χ2n) is 6.39. The van der Waals surface area contributed by atoms with Crippen LogP contribution >= 0.6 is 23.4 Å². The van der Waals surface area contributed by atoms with Crippen molar-refractivity contribution in [2.75, 3.05) is 18.5 Å². The Morgan fingerprint density at radius 3 is 2.50 bits per heavy atom. The van der Waals surface area contributed by atoms with Crippen LogP contribution in [-0.2, 0) is 4.79 Å². The van der Waals surface area contributed by atoms with Gasteiger partial charge in [-0.05, 0) is 37.5 Å². The van der Waals surface area contributed by atoms with Gasteiger partial charge in [0.2, 0.25) is 11.1 Å². The molecule has 0 spiro atoms. The molecule has 2 atom stereocenters. The van der Waals surface area contributed by atoms with Gasteiger partial charge in [-0.15, -0.1) is 10.2 Å². The molecule has 0 aliphatic carbocycles. The number of rotatable bonds is 6. The highest BCUT2D eigenvalue weighted by Gasteiger charge is 2.39. The fraction of sp³-hybridized carbons (Fsp3) is 0.500. The number of hydrogen-bond donors (Lipinski definition) is 1. The van der Waals surface area contributed by atoms with Gasteiger partial charge in [0.25, 0.3) is 0 Å². The highest BCUT2D eigenvalue weighted by molar-refractivity contribution is 8.00. The lowest BCUT2D eigenvalue weighted by atomic mass is 10.0. The number of nitrogens with zero attached hydrogens (tertiary/aromatic N) is 4. The molecular formula is C18H24ClN5OS. The number of halogens is 1. The quantitative estimate of drug-likeness (QED) is 0.811. The summed E-state index contributed by atoms with van der Waals surface area (Å²) in [5.74, 6) is 0.911. The lowest BCUT2D eigenvalue weighted by Crippen LogP contribution is -2.46. The van der Waals surface area contributed by atoms with E-state index in [4.69, 9.17) is 11.6 Å². The second-order valence-corrected chi connectivity index (χ2v) is 7.93. The van der Waals surface area contributed by atoms with Gasteiger partial charge in [0.05, 0.1) is 6.04 Å². The standard InChI is InChI=1S/C18H24ClN5OS/c1-4-10-23(11-5-2)17(25)16-15(13-6-8-14(19)9-7-13)22-24-12(3)20-21-18(24)26-16/h6-9,15-16,22H,4-5,10-11H2,1-3H3. The lowest BCUT2D eigenvalue weighted by Gasteiger charge is -2.35. The Kier molecular flexibility index (Phi) is 6.09. The molecule has 1 aliphatic rings. The molecule has 26 heavy (non-hydrogen) atoms. The fourth-order valence-electron chi connectivity index (χ4n) is 3.12. The molecule has 0 saturated heterocycles. The number of carbonyl (C=O) groups excluding carboxylic acids is 1. The van der Waals surface area contributed by atoms with Gasteiger partial charge >= 0.3 is 0 Å². The van der Waals surface area contributed by atoms with Gasteiger partial charge in [-0.1, -0.05) is 49.3 Å². The van der Waals surface area contributed by atoms with Gasteiger partial charge in [0, 0.05) is 18.1 Å². The summed E-state index contributed by atoms with van der Waals surface area (Å²) in [6, 6.07) is 7.47. The molecule has 0 radical (unpaired) electrons. The smallest absolute Gasteiger partial charge is 0.238 e. The SMILES string of the molecule is CCCN(CCC)C(=O)C1Sc2nnc(C)n2NC1c1ccc(Cl)cc1. The molecular weight excluding hydrogens is 370 g/mol. The van der Waals surface area contributed by atoms with E-state index < -0.39 is 0 Å². The number of fused-ring (bicyclic) bond motifs is 1. The molecule has 2 aromatic rings. The largest absolute Gasteiger partial charge is 0.342 e. The zero-order valence-corrected chi connectivity index (χ0v) is 16.8. The molecule has 1 amide bonds. The summed E-state index contributed by atoms with van der Waals surface area (Å²) in [5.41, 5.74) is 4.45. The zero-order chi connectivity index (χ0) is 18.7. The van der Waals surface area contributed by atoms with Crippen molar-refractivity contribution in [2.45, 2.75) is 50.1 Å². The molecule has 1 aromatic heterocycles. The summed E-state index contributed by atoms with van der Waals surface area (Å²) in [6.45, 7) is 7.62. The lowest BCUT2D eigenvalue weighted by molar-refractivity contribution is -0.131. The Hall–Kier alpha value is -1.73. The van der Waals surface area contributed by atoms with E-state index >= 15 is 0 Å². The van der Waals surface area contributed by atoms with Crippen LogP contribution in [-0.4, -0.2) is 44.0 Å². The molecule has 8 heteroatoms. The van der Waals surface area contributed by atoms with Crippen LogP contribution in [0.25, 0.3) is 0 Å². The van der Waals surface area contributed by atoms with Crippen LogP contribution in [0.1, 0.15) is 44.1 Å². The predicted molar refractivity (Wildman–Crippen MR) is 105 cm³/mol. The topological polar surface area (TPSA) is 63.1 Å². The van der Waals surface area contributed by atoms with Crippen LogP contribution in [0.5, 0.6) is 0 Å². The first kappa shape index (κ1) is 19.0. The number of nitrogens with one attached hydrogen (secondary N) is 1. The highest BCUT2D eigenvalue weighted by Crippen LogP contribution is 2.38. The fourth-order valence-corrected chi connectivity index (χ4v) is 4.46. The summed E-state index contributed by atoms with van der Waals surface area (Å²) in [5, 5.41) is 9.44. The van der Waals surface area contributed by atoms with Gasteiger partial charge < -0.3 is 10.3 Å². The van der Waals surface area contributed by atoms with Crippen molar-refractivity contribution in [1.82, 2.24) is 19.8 Å². The van der Waals surface area contributed by atoms with E-state index in [0.29, 0.717) is 5.02 Å². The third kappa shape index (κ3) is 3.83. The minimum atomic E-state index is -0.301. The molecule has 3 rings (SSSR count). The zero-order valence-electron chi connectivity index (χ0n) is 15.3. The minimum absolute atomic E-state index is 0.137. The van der Waals surface area contributed by atoms with Gasteiger partial charge in [0.15, 0.2) is 0 Å². The molecule has 0 bridgehead atoms. The molecule has 1 N–H and O–H groups in total.